The Morgan fingerprint density at radius 2 is 1.95 bits per heavy atom. The Morgan fingerprint density at radius 3 is 2.42 bits per heavy atom. The molecule has 0 heterocycles. The van der Waals surface area contributed by atoms with Crippen LogP contribution < -0.4 is 4.72 Å². The number of rotatable bonds is 6. The molecule has 2 N–H and O–H groups in total. The van der Waals surface area contributed by atoms with Crippen LogP contribution in [-0.4, -0.2) is 25.5 Å². The molecule has 0 saturated heterocycles. The molecule has 7 heteroatoms. The molecule has 1 unspecified atom stereocenters. The van der Waals surface area contributed by atoms with Crippen LogP contribution in [-0.2, 0) is 14.8 Å². The highest BCUT2D eigenvalue weighted by molar-refractivity contribution is 7.89. The van der Waals surface area contributed by atoms with Crippen molar-refractivity contribution < 1.29 is 18.3 Å². The zero-order valence-corrected chi connectivity index (χ0v) is 11.6. The summed E-state index contributed by atoms with van der Waals surface area (Å²) < 4.78 is 26.7. The van der Waals surface area contributed by atoms with E-state index in [4.69, 9.17) is 16.7 Å². The molecule has 1 aromatic carbocycles. The Labute approximate surface area is 116 Å². The Balaban J connectivity index is 2.14. The van der Waals surface area contributed by atoms with Crippen molar-refractivity contribution in [1.82, 2.24) is 4.72 Å². The highest BCUT2D eigenvalue weighted by Crippen LogP contribution is 2.34. The number of halogens is 1. The van der Waals surface area contributed by atoms with Crippen molar-refractivity contribution in [1.29, 1.82) is 0 Å². The largest absolute Gasteiger partial charge is 0.481 e. The van der Waals surface area contributed by atoms with E-state index in [2.05, 4.69) is 4.72 Å². The van der Waals surface area contributed by atoms with Crippen molar-refractivity contribution in [2.45, 2.75) is 30.2 Å². The molecule has 1 aromatic rings. The molecule has 0 spiro atoms. The Hall–Kier alpha value is -1.11. The predicted octanol–water partition coefficient (Wildman–Crippen LogP) is 1.87. The first-order valence-corrected chi connectivity index (χ1v) is 7.74. The van der Waals surface area contributed by atoms with Gasteiger partial charge in [0.05, 0.1) is 11.3 Å². The van der Waals surface area contributed by atoms with E-state index in [1.165, 1.54) is 24.3 Å². The number of carboxylic acid groups (broad SMARTS) is 1. The molecule has 19 heavy (non-hydrogen) atoms. The van der Waals surface area contributed by atoms with Crippen molar-refractivity contribution in [3.63, 3.8) is 0 Å². The Bertz CT molecular complexity index is 566. The van der Waals surface area contributed by atoms with Gasteiger partial charge in [0.1, 0.15) is 0 Å². The first kappa shape index (κ1) is 14.3. The van der Waals surface area contributed by atoms with Crippen LogP contribution in [0.5, 0.6) is 0 Å². The standard InChI is InChI=1S/C12H14ClNO4S/c13-9-3-5-10(6-4-9)19(17,18)14-11(7-12(15)16)8-1-2-8/h3-6,8,11,14H,1-2,7H2,(H,15,16). The molecule has 0 aliphatic heterocycles. The Kier molecular flexibility index (Phi) is 4.13. The maximum absolute atomic E-state index is 12.1. The number of benzene rings is 1. The second kappa shape index (κ2) is 5.48. The number of hydrogen-bond acceptors (Lipinski definition) is 3. The van der Waals surface area contributed by atoms with E-state index in [0.717, 1.165) is 12.8 Å². The van der Waals surface area contributed by atoms with Gasteiger partial charge in [0.2, 0.25) is 10.0 Å². The predicted molar refractivity (Wildman–Crippen MR) is 70.5 cm³/mol. The van der Waals surface area contributed by atoms with E-state index >= 15 is 0 Å². The van der Waals surface area contributed by atoms with Gasteiger partial charge in [-0.15, -0.1) is 0 Å². The van der Waals surface area contributed by atoms with Gasteiger partial charge < -0.3 is 5.11 Å². The summed E-state index contributed by atoms with van der Waals surface area (Å²) in [6.07, 6.45) is 1.53. The van der Waals surface area contributed by atoms with Gasteiger partial charge in [-0.3, -0.25) is 4.79 Å². The number of nitrogens with one attached hydrogen (secondary N) is 1. The molecule has 0 radical (unpaired) electrons. The van der Waals surface area contributed by atoms with Crippen molar-refractivity contribution in [3.05, 3.63) is 29.3 Å². The highest BCUT2D eigenvalue weighted by atomic mass is 35.5. The molecule has 0 amide bonds. The smallest absolute Gasteiger partial charge is 0.304 e. The lowest BCUT2D eigenvalue weighted by Gasteiger charge is -2.16. The summed E-state index contributed by atoms with van der Waals surface area (Å²) in [5.74, 6) is -0.881. The third-order valence-corrected chi connectivity index (χ3v) is 4.77. The monoisotopic (exact) mass is 303 g/mol. The molecule has 1 aliphatic rings. The van der Waals surface area contributed by atoms with Gasteiger partial charge in [-0.1, -0.05) is 11.6 Å². The number of sulfonamides is 1. The topological polar surface area (TPSA) is 83.5 Å². The summed E-state index contributed by atoms with van der Waals surface area (Å²) >= 11 is 5.70. The lowest BCUT2D eigenvalue weighted by Crippen LogP contribution is -2.38. The normalized spacial score (nSPS) is 17.1. The number of aliphatic carboxylic acids is 1. The van der Waals surface area contributed by atoms with Gasteiger partial charge in [-0.05, 0) is 43.0 Å². The number of carboxylic acids is 1. The second-order valence-electron chi connectivity index (χ2n) is 4.62. The molecule has 104 valence electrons. The summed E-state index contributed by atoms with van der Waals surface area (Å²) in [6.45, 7) is 0. The summed E-state index contributed by atoms with van der Waals surface area (Å²) in [5, 5.41) is 9.26. The van der Waals surface area contributed by atoms with Gasteiger partial charge in [0, 0.05) is 11.1 Å². The first-order chi connectivity index (χ1) is 8.88. The van der Waals surface area contributed by atoms with E-state index in [1.807, 2.05) is 0 Å². The lowest BCUT2D eigenvalue weighted by atomic mass is 10.1. The fraction of sp³-hybridized carbons (Fsp3) is 0.417. The third-order valence-electron chi connectivity index (χ3n) is 3.02. The first-order valence-electron chi connectivity index (χ1n) is 5.88. The van der Waals surface area contributed by atoms with E-state index in [9.17, 15) is 13.2 Å². The van der Waals surface area contributed by atoms with Crippen LogP contribution in [0.1, 0.15) is 19.3 Å². The molecular weight excluding hydrogens is 290 g/mol. The molecule has 1 aliphatic carbocycles. The van der Waals surface area contributed by atoms with Crippen molar-refractivity contribution in [2.24, 2.45) is 5.92 Å². The van der Waals surface area contributed by atoms with Crippen LogP contribution in [0.15, 0.2) is 29.2 Å². The van der Waals surface area contributed by atoms with Gasteiger partial charge in [0.15, 0.2) is 0 Å². The van der Waals surface area contributed by atoms with Crippen LogP contribution in [0.2, 0.25) is 5.02 Å². The molecule has 2 rings (SSSR count). The minimum absolute atomic E-state index is 0.0907. The maximum Gasteiger partial charge on any atom is 0.304 e. The van der Waals surface area contributed by atoms with Crippen LogP contribution >= 0.6 is 11.6 Å². The average Bonchev–Trinajstić information content (AvgIpc) is 3.11. The molecular formula is C12H14ClNO4S. The minimum Gasteiger partial charge on any atom is -0.481 e. The quantitative estimate of drug-likeness (QED) is 0.840. The zero-order valence-electron chi connectivity index (χ0n) is 10.0. The fourth-order valence-corrected chi connectivity index (χ4v) is 3.30. The molecule has 1 atom stereocenters. The van der Waals surface area contributed by atoms with Crippen LogP contribution in [0.3, 0.4) is 0 Å². The molecule has 0 aromatic heterocycles. The summed E-state index contributed by atoms with van der Waals surface area (Å²) in [7, 11) is -3.70. The van der Waals surface area contributed by atoms with Gasteiger partial charge >= 0.3 is 5.97 Å². The van der Waals surface area contributed by atoms with Gasteiger partial charge in [0.25, 0.3) is 0 Å². The van der Waals surface area contributed by atoms with E-state index in [-0.39, 0.29) is 17.2 Å². The second-order valence-corrected chi connectivity index (χ2v) is 6.77. The summed E-state index contributed by atoms with van der Waals surface area (Å²) in [4.78, 5) is 10.8. The van der Waals surface area contributed by atoms with Gasteiger partial charge in [-0.25, -0.2) is 13.1 Å². The molecule has 0 bridgehead atoms. The zero-order chi connectivity index (χ0) is 14.0. The number of hydrogen-bond donors (Lipinski definition) is 2. The van der Waals surface area contributed by atoms with Crippen LogP contribution in [0, 0.1) is 5.92 Å². The van der Waals surface area contributed by atoms with Gasteiger partial charge in [-0.2, -0.15) is 0 Å². The SMILES string of the molecule is O=C(O)CC(NS(=O)(=O)c1ccc(Cl)cc1)C1CC1. The summed E-state index contributed by atoms with van der Waals surface area (Å²) in [6, 6.07) is 5.22. The van der Waals surface area contributed by atoms with Crippen molar-refractivity contribution in [3.8, 4) is 0 Å². The van der Waals surface area contributed by atoms with Crippen molar-refractivity contribution in [2.75, 3.05) is 0 Å². The molecule has 1 saturated carbocycles. The molecule has 1 fully saturated rings. The third kappa shape index (κ3) is 3.92. The molecule has 5 nitrogen and oxygen atoms in total. The van der Waals surface area contributed by atoms with Crippen molar-refractivity contribution >= 4 is 27.6 Å². The minimum atomic E-state index is -3.70. The fourth-order valence-electron chi connectivity index (χ4n) is 1.87. The summed E-state index contributed by atoms with van der Waals surface area (Å²) in [5.41, 5.74) is 0. The van der Waals surface area contributed by atoms with Crippen LogP contribution in [0.4, 0.5) is 0 Å². The lowest BCUT2D eigenvalue weighted by molar-refractivity contribution is -0.137. The van der Waals surface area contributed by atoms with Crippen LogP contribution in [0.25, 0.3) is 0 Å². The van der Waals surface area contributed by atoms with E-state index in [1.54, 1.807) is 0 Å². The van der Waals surface area contributed by atoms with E-state index < -0.39 is 22.0 Å². The Morgan fingerprint density at radius 1 is 1.37 bits per heavy atom. The maximum atomic E-state index is 12.1. The number of carbonyl (C=O) groups is 1. The van der Waals surface area contributed by atoms with E-state index in [0.29, 0.717) is 5.02 Å². The highest BCUT2D eigenvalue weighted by Gasteiger charge is 2.35. The average molecular weight is 304 g/mol.